The van der Waals surface area contributed by atoms with Gasteiger partial charge in [0.1, 0.15) is 6.04 Å². The van der Waals surface area contributed by atoms with E-state index in [0.29, 0.717) is 0 Å². The molecule has 1 N–H and O–H groups in total. The molecule has 1 fully saturated rings. The standard InChI is InChI=1S/C14H14N2O3/c1-8-2-3-10-9(6-8)7-16(14(10)19)11-4-5-12(17)15-13(11)18/h2-3,6,11H,4-5,7H2,1H3,(H,15,17,18)/i7D2. The Morgan fingerprint density at radius 1 is 1.37 bits per heavy atom. The maximum Gasteiger partial charge on any atom is 0.255 e. The van der Waals surface area contributed by atoms with Crippen LogP contribution in [0.2, 0.25) is 0 Å². The molecular formula is C14H14N2O3. The van der Waals surface area contributed by atoms with Crippen LogP contribution in [0.15, 0.2) is 18.2 Å². The van der Waals surface area contributed by atoms with Gasteiger partial charge in [-0.25, -0.2) is 0 Å². The van der Waals surface area contributed by atoms with Crippen LogP contribution < -0.4 is 5.32 Å². The van der Waals surface area contributed by atoms with Crippen LogP contribution in [0.4, 0.5) is 0 Å². The van der Waals surface area contributed by atoms with Crippen molar-refractivity contribution in [1.29, 1.82) is 0 Å². The minimum Gasteiger partial charge on any atom is -0.322 e. The van der Waals surface area contributed by atoms with Gasteiger partial charge in [0.15, 0.2) is 0 Å². The fraction of sp³-hybridized carbons (Fsp3) is 0.357. The maximum absolute atomic E-state index is 12.5. The quantitative estimate of drug-likeness (QED) is 0.758. The van der Waals surface area contributed by atoms with Crippen molar-refractivity contribution in [2.24, 2.45) is 0 Å². The molecule has 19 heavy (non-hydrogen) atoms. The number of hydrogen-bond donors (Lipinski definition) is 1. The monoisotopic (exact) mass is 260 g/mol. The highest BCUT2D eigenvalue weighted by atomic mass is 16.2. The summed E-state index contributed by atoms with van der Waals surface area (Å²) in [6.45, 7) is -0.240. The maximum atomic E-state index is 12.5. The van der Waals surface area contributed by atoms with E-state index < -0.39 is 30.3 Å². The second kappa shape index (κ2) is 4.19. The number of piperidine rings is 1. The lowest BCUT2D eigenvalue weighted by atomic mass is 10.0. The van der Waals surface area contributed by atoms with Crippen LogP contribution in [-0.4, -0.2) is 28.7 Å². The topological polar surface area (TPSA) is 66.5 Å². The molecule has 1 aromatic carbocycles. The van der Waals surface area contributed by atoms with E-state index in [1.807, 2.05) is 6.92 Å². The van der Waals surface area contributed by atoms with Crippen molar-refractivity contribution in [3.05, 3.63) is 34.9 Å². The van der Waals surface area contributed by atoms with E-state index >= 15 is 0 Å². The predicted molar refractivity (Wildman–Crippen MR) is 67.2 cm³/mol. The molecule has 2 heterocycles. The number of benzene rings is 1. The van der Waals surface area contributed by atoms with E-state index in [2.05, 4.69) is 5.32 Å². The lowest BCUT2D eigenvalue weighted by molar-refractivity contribution is -0.136. The molecule has 1 atom stereocenters. The molecular weight excluding hydrogens is 244 g/mol. The van der Waals surface area contributed by atoms with Crippen LogP contribution >= 0.6 is 0 Å². The smallest absolute Gasteiger partial charge is 0.255 e. The van der Waals surface area contributed by atoms with Gasteiger partial charge in [0, 0.05) is 18.5 Å². The third-order valence-electron chi connectivity index (χ3n) is 3.39. The summed E-state index contributed by atoms with van der Waals surface area (Å²) in [5.41, 5.74) is 1.39. The van der Waals surface area contributed by atoms with Crippen molar-refractivity contribution >= 4 is 17.7 Å². The number of imide groups is 1. The second-order valence-electron chi connectivity index (χ2n) is 4.80. The number of nitrogens with zero attached hydrogens (tertiary/aromatic N) is 1. The van der Waals surface area contributed by atoms with Crippen molar-refractivity contribution < 1.29 is 17.1 Å². The molecule has 0 spiro atoms. The highest BCUT2D eigenvalue weighted by Gasteiger charge is 2.38. The molecule has 0 saturated carbocycles. The van der Waals surface area contributed by atoms with Crippen LogP contribution in [-0.2, 0) is 16.1 Å². The van der Waals surface area contributed by atoms with Crippen molar-refractivity contribution in [3.63, 3.8) is 0 Å². The van der Waals surface area contributed by atoms with Gasteiger partial charge in [-0.1, -0.05) is 17.7 Å². The molecule has 2 aliphatic heterocycles. The van der Waals surface area contributed by atoms with Gasteiger partial charge < -0.3 is 4.90 Å². The van der Waals surface area contributed by atoms with Gasteiger partial charge in [0.25, 0.3) is 5.91 Å². The average Bonchev–Trinajstić information content (AvgIpc) is 2.59. The number of rotatable bonds is 1. The number of carbonyl (C=O) groups excluding carboxylic acids is 3. The normalized spacial score (nSPS) is 26.7. The fourth-order valence-corrected chi connectivity index (χ4v) is 2.40. The first-order chi connectivity index (χ1) is 9.82. The van der Waals surface area contributed by atoms with Crippen LogP contribution in [0.3, 0.4) is 0 Å². The Labute approximate surface area is 113 Å². The first kappa shape index (κ1) is 9.72. The summed E-state index contributed by atoms with van der Waals surface area (Å²) in [5, 5.41) is 2.16. The van der Waals surface area contributed by atoms with E-state index in [1.54, 1.807) is 18.2 Å². The molecule has 0 bridgehead atoms. The molecule has 2 aliphatic rings. The number of hydrogen-bond acceptors (Lipinski definition) is 3. The number of aryl methyl sites for hydroxylation is 1. The first-order valence-corrected chi connectivity index (χ1v) is 6.11. The lowest BCUT2D eigenvalue weighted by Gasteiger charge is -2.29. The first-order valence-electron chi connectivity index (χ1n) is 7.11. The molecule has 3 amide bonds. The minimum atomic E-state index is -2.05. The molecule has 0 aromatic heterocycles. The Morgan fingerprint density at radius 3 is 2.89 bits per heavy atom. The highest BCUT2D eigenvalue weighted by molar-refractivity contribution is 6.05. The third kappa shape index (κ3) is 1.91. The molecule has 0 radical (unpaired) electrons. The Balaban J connectivity index is 2.04. The average molecular weight is 260 g/mol. The van der Waals surface area contributed by atoms with E-state index in [9.17, 15) is 14.4 Å². The minimum absolute atomic E-state index is 0.103. The fourth-order valence-electron chi connectivity index (χ4n) is 2.40. The van der Waals surface area contributed by atoms with Gasteiger partial charge in [0.2, 0.25) is 11.8 Å². The van der Waals surface area contributed by atoms with Crippen LogP contribution in [0.25, 0.3) is 0 Å². The molecule has 3 rings (SSSR count). The van der Waals surface area contributed by atoms with Crippen molar-refractivity contribution in [1.82, 2.24) is 10.2 Å². The highest BCUT2D eigenvalue weighted by Crippen LogP contribution is 2.27. The molecule has 1 unspecified atom stereocenters. The number of fused-ring (bicyclic) bond motifs is 1. The van der Waals surface area contributed by atoms with E-state index in [1.165, 1.54) is 0 Å². The van der Waals surface area contributed by atoms with Crippen LogP contribution in [0.1, 0.15) is 37.1 Å². The second-order valence-corrected chi connectivity index (χ2v) is 4.80. The van der Waals surface area contributed by atoms with Crippen molar-refractivity contribution in [2.45, 2.75) is 32.3 Å². The number of amides is 3. The van der Waals surface area contributed by atoms with Gasteiger partial charge in [0.05, 0.1) is 2.74 Å². The zero-order valence-electron chi connectivity index (χ0n) is 12.4. The van der Waals surface area contributed by atoms with E-state index in [0.717, 1.165) is 10.5 Å². The molecule has 5 nitrogen and oxygen atoms in total. The van der Waals surface area contributed by atoms with Gasteiger partial charge >= 0.3 is 0 Å². The summed E-state index contributed by atoms with van der Waals surface area (Å²) in [6.07, 6.45) is 0.245. The summed E-state index contributed by atoms with van der Waals surface area (Å²) < 4.78 is 16.5. The van der Waals surface area contributed by atoms with E-state index in [4.69, 9.17) is 2.74 Å². The van der Waals surface area contributed by atoms with E-state index in [-0.39, 0.29) is 24.0 Å². The van der Waals surface area contributed by atoms with Gasteiger partial charge in [-0.05, 0) is 25.0 Å². The SMILES string of the molecule is [2H]C1([2H])c2cc(C)ccc2C(=O)N1C1CCC(=O)NC1=O. The predicted octanol–water partition coefficient (Wildman–Crippen LogP) is 0.756. The van der Waals surface area contributed by atoms with Gasteiger partial charge in [-0.3, -0.25) is 19.7 Å². The third-order valence-corrected chi connectivity index (χ3v) is 3.39. The molecule has 5 heteroatoms. The zero-order chi connectivity index (χ0) is 15.4. The Morgan fingerprint density at radius 2 is 2.16 bits per heavy atom. The van der Waals surface area contributed by atoms with Gasteiger partial charge in [-0.2, -0.15) is 0 Å². The summed E-state index contributed by atoms with van der Waals surface area (Å²) >= 11 is 0. The summed E-state index contributed by atoms with van der Waals surface area (Å²) in [5.74, 6) is -1.52. The van der Waals surface area contributed by atoms with Crippen molar-refractivity contribution in [2.75, 3.05) is 0 Å². The Hall–Kier alpha value is -2.17. The molecule has 1 saturated heterocycles. The van der Waals surface area contributed by atoms with Crippen LogP contribution in [0, 0.1) is 6.92 Å². The zero-order valence-corrected chi connectivity index (χ0v) is 10.4. The summed E-state index contributed by atoms with van der Waals surface area (Å²) in [7, 11) is 0. The number of nitrogens with one attached hydrogen (secondary N) is 1. The van der Waals surface area contributed by atoms with Gasteiger partial charge in [-0.15, -0.1) is 0 Å². The lowest BCUT2D eigenvalue weighted by Crippen LogP contribution is -2.52. The molecule has 0 aliphatic carbocycles. The Bertz CT molecular complexity index is 672. The molecule has 98 valence electrons. The summed E-state index contributed by atoms with van der Waals surface area (Å²) in [4.78, 5) is 36.6. The largest absolute Gasteiger partial charge is 0.322 e. The number of carbonyl (C=O) groups is 3. The molecule has 1 aromatic rings. The van der Waals surface area contributed by atoms with Crippen LogP contribution in [0.5, 0.6) is 0 Å². The van der Waals surface area contributed by atoms with Crippen molar-refractivity contribution in [3.8, 4) is 0 Å². The Kier molecular flexibility index (Phi) is 2.14. The summed E-state index contributed by atoms with van der Waals surface area (Å²) in [6, 6.07) is 3.98.